The second kappa shape index (κ2) is 10.6. The number of hydrogen-bond acceptors (Lipinski definition) is 2. The Labute approximate surface area is 195 Å². The largest absolute Gasteiger partial charge is 0.324 e. The van der Waals surface area contributed by atoms with Gasteiger partial charge >= 0.3 is 6.03 Å². The summed E-state index contributed by atoms with van der Waals surface area (Å²) in [5, 5.41) is 11.1. The molecule has 1 aliphatic rings. The normalized spacial score (nSPS) is 14.8. The van der Waals surface area contributed by atoms with Crippen LogP contribution in [0.4, 0.5) is 14.9 Å². The van der Waals surface area contributed by atoms with E-state index in [9.17, 15) is 9.18 Å². The van der Waals surface area contributed by atoms with Gasteiger partial charge in [0.25, 0.3) is 0 Å². The second-order valence-electron chi connectivity index (χ2n) is 8.99. The lowest BCUT2D eigenvalue weighted by molar-refractivity contribution is 0.193. The molecule has 1 fully saturated rings. The number of carbonyl (C=O) groups is 1. The van der Waals surface area contributed by atoms with Crippen LogP contribution in [0.2, 0.25) is 0 Å². The summed E-state index contributed by atoms with van der Waals surface area (Å²) in [7, 11) is 0. The molecule has 4 rings (SSSR count). The maximum atomic E-state index is 13.5. The van der Waals surface area contributed by atoms with Crippen LogP contribution < -0.4 is 4.90 Å². The Kier molecular flexibility index (Phi) is 7.38. The minimum atomic E-state index is -0.319. The van der Waals surface area contributed by atoms with Crippen molar-refractivity contribution in [3.05, 3.63) is 78.1 Å². The number of piperidine rings is 1. The fourth-order valence-electron chi connectivity index (χ4n) is 4.72. The first-order valence-electron chi connectivity index (χ1n) is 11.9. The van der Waals surface area contributed by atoms with Crippen molar-refractivity contribution in [3.63, 3.8) is 0 Å². The predicted octanol–water partition coefficient (Wildman–Crippen LogP) is 6.99. The summed E-state index contributed by atoms with van der Waals surface area (Å²) in [4.78, 5) is 16.9. The summed E-state index contributed by atoms with van der Waals surface area (Å²) in [6.07, 6.45) is 4.31. The zero-order chi connectivity index (χ0) is 23.2. The number of fused-ring (bicyclic) bond motifs is 1. The smallest absolute Gasteiger partial charge is 0.324 e. The Morgan fingerprint density at radius 2 is 1.70 bits per heavy atom. The van der Waals surface area contributed by atoms with Crippen molar-refractivity contribution in [3.8, 4) is 0 Å². The van der Waals surface area contributed by atoms with Gasteiger partial charge in [0.1, 0.15) is 5.82 Å². The molecule has 4 nitrogen and oxygen atoms in total. The van der Waals surface area contributed by atoms with Crippen LogP contribution in [0.25, 0.3) is 10.8 Å². The number of rotatable bonds is 7. The quantitative estimate of drug-likeness (QED) is 0.391. The molecule has 0 aliphatic carbocycles. The van der Waals surface area contributed by atoms with Crippen molar-refractivity contribution in [1.82, 2.24) is 4.90 Å². The Hall–Kier alpha value is -3.21. The first-order chi connectivity index (χ1) is 16.0. The predicted molar refractivity (Wildman–Crippen MR) is 134 cm³/mol. The van der Waals surface area contributed by atoms with Crippen molar-refractivity contribution in [2.45, 2.75) is 44.9 Å². The molecule has 0 aromatic heterocycles. The highest BCUT2D eigenvalue weighted by Gasteiger charge is 2.24. The number of hydrogen-bond donors (Lipinski definition) is 1. The fraction of sp³-hybridized carbons (Fsp3) is 0.357. The van der Waals surface area contributed by atoms with Gasteiger partial charge in [-0.2, -0.15) is 0 Å². The van der Waals surface area contributed by atoms with Crippen molar-refractivity contribution < 1.29 is 9.18 Å². The van der Waals surface area contributed by atoms with Crippen LogP contribution in [-0.4, -0.2) is 36.3 Å². The van der Waals surface area contributed by atoms with E-state index in [0.29, 0.717) is 30.8 Å². The van der Waals surface area contributed by atoms with Crippen molar-refractivity contribution >= 4 is 28.2 Å². The summed E-state index contributed by atoms with van der Waals surface area (Å²) in [6.45, 7) is 4.09. The van der Waals surface area contributed by atoms with Crippen LogP contribution in [0.3, 0.4) is 0 Å². The van der Waals surface area contributed by atoms with Crippen LogP contribution in [0, 0.1) is 11.2 Å². The van der Waals surface area contributed by atoms with Crippen LogP contribution in [-0.2, 0) is 0 Å². The van der Waals surface area contributed by atoms with Crippen molar-refractivity contribution in [2.24, 2.45) is 0 Å². The number of amides is 2. The number of nitrogens with one attached hydrogen (secondary N) is 1. The van der Waals surface area contributed by atoms with E-state index >= 15 is 0 Å². The topological polar surface area (TPSA) is 47.4 Å². The standard InChI is InChI=1S/C28H32FN3O/c1-21(26-11-7-9-22-8-3-4-10-27(22)26)20-24(30)16-19-32(25-14-12-23(29)13-15-25)28(33)31-17-5-2-6-18-31/h3-4,7-15,21,30H,2,5-6,16-20H2,1H3. The van der Waals surface area contributed by atoms with Gasteiger partial charge in [0, 0.05) is 37.5 Å². The summed E-state index contributed by atoms with van der Waals surface area (Å²) >= 11 is 0. The van der Waals surface area contributed by atoms with Gasteiger partial charge in [-0.25, -0.2) is 9.18 Å². The Balaban J connectivity index is 1.44. The molecular weight excluding hydrogens is 413 g/mol. The number of urea groups is 1. The van der Waals surface area contributed by atoms with E-state index in [0.717, 1.165) is 32.4 Å². The highest BCUT2D eigenvalue weighted by atomic mass is 19.1. The van der Waals surface area contributed by atoms with Crippen molar-refractivity contribution in [1.29, 1.82) is 5.41 Å². The van der Waals surface area contributed by atoms with Gasteiger partial charge in [0.15, 0.2) is 0 Å². The van der Waals surface area contributed by atoms with E-state index in [1.165, 1.54) is 28.5 Å². The molecule has 172 valence electrons. The van der Waals surface area contributed by atoms with E-state index in [-0.39, 0.29) is 17.8 Å². The molecule has 1 heterocycles. The third-order valence-corrected chi connectivity index (χ3v) is 6.54. The zero-order valence-corrected chi connectivity index (χ0v) is 19.3. The molecule has 1 atom stereocenters. The van der Waals surface area contributed by atoms with Gasteiger partial charge in [-0.1, -0.05) is 49.4 Å². The molecule has 0 radical (unpaired) electrons. The maximum Gasteiger partial charge on any atom is 0.324 e. The lowest BCUT2D eigenvalue weighted by atomic mass is 9.90. The average Bonchev–Trinajstić information content (AvgIpc) is 2.85. The van der Waals surface area contributed by atoms with E-state index < -0.39 is 0 Å². The van der Waals surface area contributed by atoms with Gasteiger partial charge in [0.2, 0.25) is 0 Å². The monoisotopic (exact) mass is 445 g/mol. The lowest BCUT2D eigenvalue weighted by Gasteiger charge is -2.33. The Bertz CT molecular complexity index is 1100. The molecule has 0 saturated carbocycles. The van der Waals surface area contributed by atoms with Crippen LogP contribution in [0.5, 0.6) is 0 Å². The van der Waals surface area contributed by atoms with E-state index in [1.807, 2.05) is 11.0 Å². The molecule has 1 saturated heterocycles. The SMILES string of the molecule is CC(CC(=N)CCN(C(=O)N1CCCCC1)c1ccc(F)cc1)c1cccc2ccccc12. The molecule has 2 amide bonds. The van der Waals surface area contributed by atoms with Crippen LogP contribution in [0.15, 0.2) is 66.7 Å². The zero-order valence-electron chi connectivity index (χ0n) is 19.3. The van der Waals surface area contributed by atoms with Crippen molar-refractivity contribution in [2.75, 3.05) is 24.5 Å². The Morgan fingerprint density at radius 1 is 1.00 bits per heavy atom. The van der Waals surface area contributed by atoms with Gasteiger partial charge in [-0.05, 0) is 72.2 Å². The van der Waals surface area contributed by atoms with E-state index in [4.69, 9.17) is 5.41 Å². The highest BCUT2D eigenvalue weighted by Crippen LogP contribution is 2.28. The van der Waals surface area contributed by atoms with Crippen LogP contribution >= 0.6 is 0 Å². The summed E-state index contributed by atoms with van der Waals surface area (Å²) in [6, 6.07) is 20.7. The highest BCUT2D eigenvalue weighted by molar-refractivity contribution is 5.93. The maximum absolute atomic E-state index is 13.5. The third-order valence-electron chi connectivity index (χ3n) is 6.54. The minimum Gasteiger partial charge on any atom is -0.324 e. The average molecular weight is 446 g/mol. The second-order valence-corrected chi connectivity index (χ2v) is 8.99. The van der Waals surface area contributed by atoms with Crippen LogP contribution in [0.1, 0.15) is 50.5 Å². The number of nitrogens with zero attached hydrogens (tertiary/aromatic N) is 2. The lowest BCUT2D eigenvalue weighted by Crippen LogP contribution is -2.46. The number of carbonyl (C=O) groups excluding carboxylic acids is 1. The van der Waals surface area contributed by atoms with Gasteiger partial charge < -0.3 is 10.3 Å². The summed E-state index contributed by atoms with van der Waals surface area (Å²) in [5.74, 6) is -0.110. The molecule has 5 heteroatoms. The first-order valence-corrected chi connectivity index (χ1v) is 11.9. The summed E-state index contributed by atoms with van der Waals surface area (Å²) < 4.78 is 13.5. The molecule has 1 unspecified atom stereocenters. The van der Waals surface area contributed by atoms with Gasteiger partial charge in [0.05, 0.1) is 0 Å². The molecule has 0 bridgehead atoms. The molecule has 3 aromatic rings. The fourth-order valence-corrected chi connectivity index (χ4v) is 4.72. The summed E-state index contributed by atoms with van der Waals surface area (Å²) in [5.41, 5.74) is 2.55. The van der Waals surface area contributed by atoms with E-state index in [2.05, 4.69) is 43.3 Å². The number of anilines is 1. The number of likely N-dealkylation sites (tertiary alicyclic amines) is 1. The molecule has 0 spiro atoms. The number of halogens is 1. The first kappa shape index (κ1) is 23.0. The third kappa shape index (κ3) is 5.59. The molecule has 1 aliphatic heterocycles. The molecule has 1 N–H and O–H groups in total. The minimum absolute atomic E-state index is 0.0452. The number of benzene rings is 3. The molecule has 33 heavy (non-hydrogen) atoms. The van der Waals surface area contributed by atoms with E-state index in [1.54, 1.807) is 17.0 Å². The molecule has 3 aromatic carbocycles. The van der Waals surface area contributed by atoms with Gasteiger partial charge in [-0.15, -0.1) is 0 Å². The Morgan fingerprint density at radius 3 is 2.45 bits per heavy atom. The molecular formula is C28H32FN3O. The van der Waals surface area contributed by atoms with Gasteiger partial charge in [-0.3, -0.25) is 4.90 Å².